The van der Waals surface area contributed by atoms with Crippen LogP contribution in [0.15, 0.2) is 70.9 Å². The molecule has 0 spiro atoms. The van der Waals surface area contributed by atoms with Gasteiger partial charge in [-0.25, -0.2) is 9.13 Å². The van der Waals surface area contributed by atoms with Gasteiger partial charge in [-0.1, -0.05) is 113 Å². The Morgan fingerprint density at radius 2 is 1.42 bits per heavy atom. The van der Waals surface area contributed by atoms with E-state index in [9.17, 15) is 0 Å². The van der Waals surface area contributed by atoms with Gasteiger partial charge < -0.3 is 9.05 Å². The van der Waals surface area contributed by atoms with E-state index < -0.39 is 0 Å². The minimum absolute atomic E-state index is 0.00694. The van der Waals surface area contributed by atoms with E-state index in [1.165, 1.54) is 34.1 Å². The van der Waals surface area contributed by atoms with Gasteiger partial charge >= 0.3 is 0 Å². The van der Waals surface area contributed by atoms with Crippen molar-refractivity contribution in [1.29, 1.82) is 0 Å². The van der Waals surface area contributed by atoms with Crippen LogP contribution in [0.25, 0.3) is 10.9 Å². The second kappa shape index (κ2) is 18.0. The van der Waals surface area contributed by atoms with E-state index in [0.29, 0.717) is 5.92 Å². The van der Waals surface area contributed by atoms with Crippen molar-refractivity contribution in [2.45, 2.75) is 131 Å². The Kier molecular flexibility index (Phi) is 15.1. The molecule has 0 bridgehead atoms. The van der Waals surface area contributed by atoms with Crippen LogP contribution >= 0.6 is 0 Å². The zero-order valence-corrected chi connectivity index (χ0v) is 36.2. The molecule has 11 heteroatoms. The maximum atomic E-state index is 4.69. The smallest absolute Gasteiger partial charge is 0.243 e. The lowest BCUT2D eigenvalue weighted by Gasteiger charge is -2.16. The molecule has 0 atom stereocenters. The van der Waals surface area contributed by atoms with E-state index in [1.54, 1.807) is 6.26 Å². The topological polar surface area (TPSA) is 109 Å². The first-order chi connectivity index (χ1) is 24.2. The molecule has 5 heterocycles. The second-order valence-electron chi connectivity index (χ2n) is 18.1. The Morgan fingerprint density at radius 1 is 0.774 bits per heavy atom. The van der Waals surface area contributed by atoms with Gasteiger partial charge in [0.2, 0.25) is 12.7 Å². The summed E-state index contributed by atoms with van der Waals surface area (Å²) in [6.07, 6.45) is 11.2. The molecule has 0 fully saturated rings. The maximum Gasteiger partial charge on any atom is 0.243 e. The van der Waals surface area contributed by atoms with E-state index in [2.05, 4.69) is 173 Å². The van der Waals surface area contributed by atoms with Crippen molar-refractivity contribution < 1.29 is 13.6 Å². The second-order valence-corrected chi connectivity index (χ2v) is 18.1. The fourth-order valence-electron chi connectivity index (χ4n) is 5.35. The van der Waals surface area contributed by atoms with Gasteiger partial charge in [0.25, 0.3) is 0 Å². The highest BCUT2D eigenvalue weighted by Crippen LogP contribution is 2.24. The highest BCUT2D eigenvalue weighted by molar-refractivity contribution is 5.79. The Morgan fingerprint density at radius 3 is 1.74 bits per heavy atom. The summed E-state index contributed by atoms with van der Waals surface area (Å²) in [5, 5.41) is 17.3. The normalized spacial score (nSPS) is 11.8. The third-order valence-corrected chi connectivity index (χ3v) is 8.33. The fourth-order valence-corrected chi connectivity index (χ4v) is 5.35. The summed E-state index contributed by atoms with van der Waals surface area (Å²) >= 11 is 0. The zero-order valence-electron chi connectivity index (χ0n) is 36.2. The van der Waals surface area contributed by atoms with E-state index in [-0.39, 0.29) is 21.7 Å². The Labute approximate surface area is 318 Å². The van der Waals surface area contributed by atoms with E-state index in [1.807, 2.05) is 56.5 Å². The molecular formula is C42H68N9O2+. The Balaban J connectivity index is 0.000000231. The summed E-state index contributed by atoms with van der Waals surface area (Å²) in [4.78, 5) is 3.91. The molecule has 0 unspecified atom stereocenters. The first kappa shape index (κ1) is 44.6. The third-order valence-electron chi connectivity index (χ3n) is 8.33. The predicted octanol–water partition coefficient (Wildman–Crippen LogP) is 9.21. The van der Waals surface area contributed by atoms with Crippen molar-refractivity contribution in [2.75, 3.05) is 0 Å². The standard InChI is InChI=1S/C11H14N2.C9H17N2.C9H16N2.C7H11NO.C6H10N2O/c1-8(2)9-4-5-11-10(6-9)7-12-13(11)3;1-9(2,3)8-6-10(4)7-11(8)5;1-7-8(9(2,3)4)6-11(5)10-7;1-7(2,3)6-4-5-9-8-6;1-6(2,3)5-7-4-9-8-5/h4-8H,1-3H3;6-7H,1-5H3;6H,1-5H3;4-5H,1-3H3;4H,1-3H3/q;+1;;;. The number of hydrogen-bond donors (Lipinski definition) is 0. The summed E-state index contributed by atoms with van der Waals surface area (Å²) in [6, 6.07) is 8.42. The SMILES string of the molecule is CC(C)(C)c1ccon1.CC(C)(C)c1ncon1.CC(C)c1ccc2c(cnn2C)c1.Cc1nn(C)cc1C(C)(C)C.Cn1c[n+](C)cc1C(C)(C)C. The summed E-state index contributed by atoms with van der Waals surface area (Å²) in [5.74, 6) is 1.34. The first-order valence-electron chi connectivity index (χ1n) is 18.3. The summed E-state index contributed by atoms with van der Waals surface area (Å²) in [6.45, 7) is 32.2. The molecule has 292 valence electrons. The van der Waals surface area contributed by atoms with Crippen molar-refractivity contribution in [3.63, 3.8) is 0 Å². The number of rotatable bonds is 1. The molecule has 0 N–H and O–H groups in total. The van der Waals surface area contributed by atoms with Gasteiger partial charge in [0.15, 0.2) is 5.82 Å². The molecule has 0 aliphatic carbocycles. The molecule has 11 nitrogen and oxygen atoms in total. The molecule has 53 heavy (non-hydrogen) atoms. The summed E-state index contributed by atoms with van der Waals surface area (Å²) in [5.41, 5.74) is 8.00. The van der Waals surface area contributed by atoms with Crippen molar-refractivity contribution in [1.82, 2.24) is 39.4 Å². The average molecular weight is 731 g/mol. The summed E-state index contributed by atoms with van der Waals surface area (Å²) < 4.78 is 17.3. The molecule has 1 aromatic carbocycles. The number of nitrogens with zero attached hydrogens (tertiary/aromatic N) is 9. The van der Waals surface area contributed by atoms with Crippen LogP contribution in [-0.4, -0.2) is 39.4 Å². The van der Waals surface area contributed by atoms with Crippen LogP contribution in [0.3, 0.4) is 0 Å². The Hall–Kier alpha value is -4.54. The van der Waals surface area contributed by atoms with Crippen LogP contribution in [0.5, 0.6) is 0 Å². The van der Waals surface area contributed by atoms with Crippen LogP contribution in [0, 0.1) is 6.92 Å². The lowest BCUT2D eigenvalue weighted by Crippen LogP contribution is -2.24. The molecule has 0 aliphatic heterocycles. The molecule has 5 aromatic heterocycles. The van der Waals surface area contributed by atoms with Crippen LogP contribution < -0.4 is 4.57 Å². The number of aryl methyl sites for hydroxylation is 5. The molecular weight excluding hydrogens is 663 g/mol. The molecule has 6 rings (SSSR count). The summed E-state index contributed by atoms with van der Waals surface area (Å²) in [7, 11) is 8.06. The fraction of sp³-hybridized carbons (Fsp3) is 0.571. The van der Waals surface area contributed by atoms with Gasteiger partial charge in [-0.2, -0.15) is 15.2 Å². The van der Waals surface area contributed by atoms with E-state index in [4.69, 9.17) is 4.52 Å². The molecule has 0 amide bonds. The number of aromatic nitrogens is 9. The largest absolute Gasteiger partial charge is 0.364 e. The highest BCUT2D eigenvalue weighted by Gasteiger charge is 2.23. The lowest BCUT2D eigenvalue weighted by molar-refractivity contribution is -0.671. The monoisotopic (exact) mass is 731 g/mol. The van der Waals surface area contributed by atoms with Gasteiger partial charge in [0, 0.05) is 48.0 Å². The van der Waals surface area contributed by atoms with Gasteiger partial charge in [-0.3, -0.25) is 9.36 Å². The number of imidazole rings is 1. The van der Waals surface area contributed by atoms with Crippen LogP contribution in [0.4, 0.5) is 0 Å². The van der Waals surface area contributed by atoms with Crippen LogP contribution in [0.2, 0.25) is 0 Å². The molecule has 0 aliphatic rings. The van der Waals surface area contributed by atoms with Gasteiger partial charge in [0.1, 0.15) is 18.2 Å². The molecule has 0 radical (unpaired) electrons. The highest BCUT2D eigenvalue weighted by atomic mass is 16.5. The number of benzene rings is 1. The van der Waals surface area contributed by atoms with Crippen LogP contribution in [-0.2, 0) is 49.9 Å². The van der Waals surface area contributed by atoms with Crippen molar-refractivity contribution in [3.05, 3.63) is 95.9 Å². The van der Waals surface area contributed by atoms with E-state index >= 15 is 0 Å². The number of fused-ring (bicyclic) bond motifs is 1. The first-order valence-corrected chi connectivity index (χ1v) is 18.3. The van der Waals surface area contributed by atoms with Crippen molar-refractivity contribution >= 4 is 10.9 Å². The zero-order chi connectivity index (χ0) is 40.5. The lowest BCUT2D eigenvalue weighted by atomic mass is 9.88. The third kappa shape index (κ3) is 14.1. The maximum absolute atomic E-state index is 4.69. The number of hydrogen-bond acceptors (Lipinski definition) is 7. The van der Waals surface area contributed by atoms with Gasteiger partial charge in [-0.15, -0.1) is 0 Å². The molecule has 6 aromatic rings. The Bertz CT molecular complexity index is 1830. The molecule has 0 saturated carbocycles. The quantitative estimate of drug-likeness (QED) is 0.155. The van der Waals surface area contributed by atoms with Crippen molar-refractivity contribution in [3.8, 4) is 0 Å². The average Bonchev–Trinajstić information content (AvgIpc) is 3.85. The van der Waals surface area contributed by atoms with Gasteiger partial charge in [0.05, 0.1) is 37.2 Å². The van der Waals surface area contributed by atoms with Crippen LogP contribution in [0.1, 0.15) is 137 Å². The minimum Gasteiger partial charge on any atom is -0.364 e. The van der Waals surface area contributed by atoms with Crippen molar-refractivity contribution in [2.24, 2.45) is 28.2 Å². The van der Waals surface area contributed by atoms with Gasteiger partial charge in [-0.05, 0) is 41.5 Å². The predicted molar refractivity (Wildman–Crippen MR) is 215 cm³/mol. The molecule has 0 saturated heterocycles. The minimum atomic E-state index is 0.00694. The van der Waals surface area contributed by atoms with E-state index in [0.717, 1.165) is 17.2 Å².